The lowest BCUT2D eigenvalue weighted by Gasteiger charge is -2.31. The first-order valence-corrected chi connectivity index (χ1v) is 7.09. The number of rotatable bonds is 12. The summed E-state index contributed by atoms with van der Waals surface area (Å²) < 4.78 is 5.02. The fraction of sp³-hybridized carbons (Fsp3) is 0.692. The zero-order valence-electron chi connectivity index (χ0n) is 14.1. The molecule has 0 unspecified atom stereocenters. The van der Waals surface area contributed by atoms with Crippen molar-refractivity contribution >= 4 is 23.7 Å². The molecule has 11 heteroatoms. The predicted octanol–water partition coefficient (Wildman–Crippen LogP) is -1.68. The van der Waals surface area contributed by atoms with Crippen molar-refractivity contribution in [1.29, 1.82) is 5.41 Å². The smallest absolute Gasteiger partial charge is 0.317 e. The molecule has 0 rings (SSSR count). The lowest BCUT2D eigenvalue weighted by atomic mass is 10.4. The molecule has 24 heavy (non-hydrogen) atoms. The Balaban J connectivity index is 4.83. The van der Waals surface area contributed by atoms with Crippen LogP contribution in [0.15, 0.2) is 0 Å². The summed E-state index contributed by atoms with van der Waals surface area (Å²) in [5, 5.41) is 27.5. The van der Waals surface area contributed by atoms with Crippen LogP contribution in [0, 0.1) is 5.41 Å². The van der Waals surface area contributed by atoms with E-state index < -0.39 is 18.5 Å². The normalized spacial score (nSPS) is 10.9. The monoisotopic (exact) mass is 347 g/mol. The van der Waals surface area contributed by atoms with Crippen LogP contribution < -0.4 is 5.32 Å². The minimum absolute atomic E-state index is 0.0266. The molecular weight excluding hydrogens is 322 g/mol. The van der Waals surface area contributed by atoms with Crippen molar-refractivity contribution in [2.45, 2.75) is 6.92 Å². The van der Waals surface area contributed by atoms with E-state index in [1.54, 1.807) is 11.9 Å². The molecule has 0 aliphatic carbocycles. The zero-order valence-corrected chi connectivity index (χ0v) is 14.1. The van der Waals surface area contributed by atoms with E-state index in [1.165, 1.54) is 23.8 Å². The maximum absolute atomic E-state index is 11.5. The van der Waals surface area contributed by atoms with Crippen molar-refractivity contribution in [2.24, 2.45) is 0 Å². The molecule has 0 bridgehead atoms. The summed E-state index contributed by atoms with van der Waals surface area (Å²) in [6.45, 7) is 0.782. The van der Waals surface area contributed by atoms with Gasteiger partial charge in [-0.15, -0.1) is 0 Å². The minimum atomic E-state index is -1.12. The highest BCUT2D eigenvalue weighted by molar-refractivity contribution is 5.78. The Morgan fingerprint density at radius 3 is 2.04 bits per heavy atom. The van der Waals surface area contributed by atoms with Crippen LogP contribution in [-0.2, 0) is 19.1 Å². The molecule has 0 saturated carbocycles. The molecule has 0 aliphatic heterocycles. The quantitative estimate of drug-likeness (QED) is 0.185. The van der Waals surface area contributed by atoms with Crippen LogP contribution in [0.25, 0.3) is 0 Å². The maximum atomic E-state index is 11.5. The molecule has 1 amide bonds. The molecule has 0 radical (unpaired) electrons. The average molecular weight is 347 g/mol. The number of carboxylic acids is 2. The van der Waals surface area contributed by atoms with Crippen LogP contribution in [0.4, 0.5) is 0 Å². The van der Waals surface area contributed by atoms with Gasteiger partial charge in [0.05, 0.1) is 33.0 Å². The zero-order chi connectivity index (χ0) is 18.7. The number of nitrogens with one attached hydrogen (secondary N) is 2. The predicted molar refractivity (Wildman–Crippen MR) is 84.5 cm³/mol. The molecule has 0 aromatic heterocycles. The Morgan fingerprint density at radius 1 is 1.04 bits per heavy atom. The van der Waals surface area contributed by atoms with E-state index in [0.717, 1.165) is 0 Å². The van der Waals surface area contributed by atoms with E-state index in [1.807, 2.05) is 0 Å². The maximum Gasteiger partial charge on any atom is 0.317 e. The van der Waals surface area contributed by atoms with Crippen LogP contribution in [0.3, 0.4) is 0 Å². The van der Waals surface area contributed by atoms with E-state index >= 15 is 0 Å². The minimum Gasteiger partial charge on any atom is -0.480 e. The molecule has 0 aliphatic rings. The Bertz CT molecular complexity index is 458. The number of likely N-dealkylation sites (N-methyl/N-ethyl adjacent to an activating group) is 1. The first kappa shape index (κ1) is 21.8. The number of hydrogen-bond donors (Lipinski definition) is 4. The second-order valence-electron chi connectivity index (χ2n) is 5.25. The van der Waals surface area contributed by atoms with Crippen molar-refractivity contribution in [1.82, 2.24) is 20.0 Å². The van der Waals surface area contributed by atoms with E-state index in [4.69, 9.17) is 20.4 Å². The van der Waals surface area contributed by atoms with Gasteiger partial charge in [0, 0.05) is 14.0 Å². The van der Waals surface area contributed by atoms with Gasteiger partial charge < -0.3 is 20.3 Å². The molecule has 0 atom stereocenters. The third kappa shape index (κ3) is 11.3. The fourth-order valence-electron chi connectivity index (χ4n) is 1.84. The summed E-state index contributed by atoms with van der Waals surface area (Å²) >= 11 is 0. The van der Waals surface area contributed by atoms with Crippen LogP contribution in [0.2, 0.25) is 0 Å². The highest BCUT2D eigenvalue weighted by Gasteiger charge is 2.20. The van der Waals surface area contributed by atoms with Gasteiger partial charge in [-0.3, -0.25) is 34.5 Å². The van der Waals surface area contributed by atoms with Crippen LogP contribution in [-0.4, -0.2) is 102 Å². The third-order valence-electron chi connectivity index (χ3n) is 2.71. The van der Waals surface area contributed by atoms with Gasteiger partial charge in [0.15, 0.2) is 5.90 Å². The topological polar surface area (TPSA) is 146 Å². The summed E-state index contributed by atoms with van der Waals surface area (Å²) in [5.41, 5.74) is 0. The molecule has 0 aromatic rings. The first-order chi connectivity index (χ1) is 11.1. The van der Waals surface area contributed by atoms with Gasteiger partial charge in [-0.2, -0.15) is 0 Å². The lowest BCUT2D eigenvalue weighted by molar-refractivity contribution is -0.141. The van der Waals surface area contributed by atoms with Gasteiger partial charge >= 0.3 is 11.9 Å². The summed E-state index contributed by atoms with van der Waals surface area (Å²) in [7, 11) is 3.10. The van der Waals surface area contributed by atoms with Crippen molar-refractivity contribution in [3.8, 4) is 0 Å². The molecule has 0 spiro atoms. The molecular formula is C13H25N5O6. The molecule has 0 aromatic carbocycles. The van der Waals surface area contributed by atoms with E-state index in [2.05, 4.69) is 5.32 Å². The Hall–Kier alpha value is -2.24. The van der Waals surface area contributed by atoms with Crippen LogP contribution in [0.1, 0.15) is 6.92 Å². The number of ether oxygens (including phenoxy) is 1. The van der Waals surface area contributed by atoms with Crippen LogP contribution in [0.5, 0.6) is 0 Å². The fourth-order valence-corrected chi connectivity index (χ4v) is 1.84. The average Bonchev–Trinajstić information content (AvgIpc) is 2.43. The number of hydrogen-bond acceptors (Lipinski definition) is 8. The van der Waals surface area contributed by atoms with Gasteiger partial charge in [-0.1, -0.05) is 0 Å². The van der Waals surface area contributed by atoms with E-state index in [-0.39, 0.29) is 45.0 Å². The van der Waals surface area contributed by atoms with E-state index in [9.17, 15) is 14.4 Å². The number of aliphatic carboxylic acids is 2. The summed E-state index contributed by atoms with van der Waals surface area (Å²) in [6, 6.07) is 0. The summed E-state index contributed by atoms with van der Waals surface area (Å²) in [4.78, 5) is 37.8. The first-order valence-electron chi connectivity index (χ1n) is 7.09. The molecule has 0 fully saturated rings. The number of carbonyl (C=O) groups is 3. The van der Waals surface area contributed by atoms with Crippen LogP contribution >= 0.6 is 0 Å². The van der Waals surface area contributed by atoms with Crippen molar-refractivity contribution < 1.29 is 29.3 Å². The number of amides is 1. The lowest BCUT2D eigenvalue weighted by Crippen LogP contribution is -2.49. The SMILES string of the molecule is CNC(=O)CN(CC(=O)O)CN(CC(=O)O)CN(C)COC(C)=N. The molecule has 138 valence electrons. The standard InChI is InChI=1S/C13H25N5O6/c1-10(14)24-9-16(3)7-18(6-13(22)23)8-17(5-12(20)21)4-11(19)15-2/h14H,4-9H2,1-3H3,(H,15,19)(H,20,21)(H,22,23). The largest absolute Gasteiger partial charge is 0.480 e. The highest BCUT2D eigenvalue weighted by atomic mass is 16.5. The molecule has 0 saturated heterocycles. The van der Waals surface area contributed by atoms with Gasteiger partial charge in [0.2, 0.25) is 5.91 Å². The Labute approximate surface area is 140 Å². The van der Waals surface area contributed by atoms with Gasteiger partial charge in [-0.25, -0.2) is 0 Å². The summed E-state index contributed by atoms with van der Waals surface area (Å²) in [6.07, 6.45) is 0. The number of carboxylic acid groups (broad SMARTS) is 2. The van der Waals surface area contributed by atoms with Crippen molar-refractivity contribution in [3.05, 3.63) is 0 Å². The van der Waals surface area contributed by atoms with E-state index in [0.29, 0.717) is 0 Å². The second-order valence-corrected chi connectivity index (χ2v) is 5.25. The van der Waals surface area contributed by atoms with Gasteiger partial charge in [0.25, 0.3) is 0 Å². The van der Waals surface area contributed by atoms with Gasteiger partial charge in [-0.05, 0) is 7.05 Å². The molecule has 4 N–H and O–H groups in total. The number of carbonyl (C=O) groups excluding carboxylic acids is 1. The molecule has 11 nitrogen and oxygen atoms in total. The number of nitrogens with zero attached hydrogens (tertiary/aromatic N) is 3. The highest BCUT2D eigenvalue weighted by Crippen LogP contribution is 1.98. The molecule has 0 heterocycles. The summed E-state index contributed by atoms with van der Waals surface area (Å²) in [5.74, 6) is -2.55. The third-order valence-corrected chi connectivity index (χ3v) is 2.71. The van der Waals surface area contributed by atoms with Crippen molar-refractivity contribution in [2.75, 3.05) is 53.8 Å². The van der Waals surface area contributed by atoms with Crippen molar-refractivity contribution in [3.63, 3.8) is 0 Å². The Kier molecular flexibility index (Phi) is 10.3. The second kappa shape index (κ2) is 11.3. The van der Waals surface area contributed by atoms with Gasteiger partial charge in [0.1, 0.15) is 6.73 Å². The Morgan fingerprint density at radius 2 is 1.58 bits per heavy atom.